The predicted octanol–water partition coefficient (Wildman–Crippen LogP) is 5.36. The van der Waals surface area contributed by atoms with Crippen molar-refractivity contribution in [2.45, 2.75) is 6.18 Å². The van der Waals surface area contributed by atoms with E-state index < -0.39 is 12.7 Å². The molecule has 0 aliphatic carbocycles. The standard InChI is InChI=1S/C27H18F3N7O/c28-27(29,30)15-33-26-32-13-19-14-37(20-7-8-21-18(12-20)2-1-10-31-21)25(38)23(24(19)35-26)17-5-3-16(4-6-17)22-9-11-34-36-22/h1-14H,15H2,(H,33,35)(H,34,36). The zero-order valence-corrected chi connectivity index (χ0v) is 19.6. The molecule has 0 unspecified atom stereocenters. The number of hydrogen-bond donors (Lipinski definition) is 2. The van der Waals surface area contributed by atoms with E-state index in [-0.39, 0.29) is 22.6 Å². The number of H-pyrrole nitrogens is 1. The molecule has 0 saturated heterocycles. The van der Waals surface area contributed by atoms with E-state index in [2.05, 4.69) is 30.5 Å². The average Bonchev–Trinajstić information content (AvgIpc) is 3.46. The van der Waals surface area contributed by atoms with Gasteiger partial charge in [-0.15, -0.1) is 0 Å². The van der Waals surface area contributed by atoms with Crippen LogP contribution < -0.4 is 10.9 Å². The predicted molar refractivity (Wildman–Crippen MR) is 138 cm³/mol. The van der Waals surface area contributed by atoms with Crippen molar-refractivity contribution in [3.8, 4) is 28.1 Å². The van der Waals surface area contributed by atoms with Gasteiger partial charge in [0.05, 0.1) is 22.3 Å². The summed E-state index contributed by atoms with van der Waals surface area (Å²) in [5.74, 6) is -0.224. The minimum absolute atomic E-state index is 0.224. The molecular formula is C27H18F3N7O. The van der Waals surface area contributed by atoms with Crippen LogP contribution in [0.25, 0.3) is 49.9 Å². The summed E-state index contributed by atoms with van der Waals surface area (Å²) in [6.07, 6.45) is 1.94. The molecule has 4 aromatic heterocycles. The van der Waals surface area contributed by atoms with Crippen molar-refractivity contribution in [3.63, 3.8) is 0 Å². The fourth-order valence-electron chi connectivity index (χ4n) is 4.26. The summed E-state index contributed by atoms with van der Waals surface area (Å²) >= 11 is 0. The van der Waals surface area contributed by atoms with Gasteiger partial charge in [0, 0.05) is 46.8 Å². The Bertz CT molecular complexity index is 1830. The van der Waals surface area contributed by atoms with Gasteiger partial charge in [-0.1, -0.05) is 30.3 Å². The lowest BCUT2D eigenvalue weighted by Crippen LogP contribution is -2.23. The monoisotopic (exact) mass is 513 g/mol. The smallest absolute Gasteiger partial charge is 0.345 e. The fraction of sp³-hybridized carbons (Fsp3) is 0.0741. The van der Waals surface area contributed by atoms with Gasteiger partial charge in [-0.05, 0) is 35.9 Å². The number of aromatic nitrogens is 6. The lowest BCUT2D eigenvalue weighted by atomic mass is 10.0. The molecule has 4 heterocycles. The van der Waals surface area contributed by atoms with E-state index in [4.69, 9.17) is 0 Å². The van der Waals surface area contributed by atoms with Crippen molar-refractivity contribution in [2.24, 2.45) is 0 Å². The van der Waals surface area contributed by atoms with E-state index in [1.54, 1.807) is 36.8 Å². The minimum Gasteiger partial charge on any atom is -0.345 e. The molecular weight excluding hydrogens is 495 g/mol. The zero-order chi connectivity index (χ0) is 26.3. The van der Waals surface area contributed by atoms with Gasteiger partial charge in [0.25, 0.3) is 5.56 Å². The maximum Gasteiger partial charge on any atom is 0.405 e. The van der Waals surface area contributed by atoms with Crippen molar-refractivity contribution in [1.82, 2.24) is 29.7 Å². The summed E-state index contributed by atoms with van der Waals surface area (Å²) < 4.78 is 39.8. The Morgan fingerprint density at radius 2 is 1.76 bits per heavy atom. The molecule has 11 heteroatoms. The molecule has 8 nitrogen and oxygen atoms in total. The number of halogens is 3. The van der Waals surface area contributed by atoms with E-state index in [9.17, 15) is 18.0 Å². The number of anilines is 1. The Balaban J connectivity index is 1.54. The highest BCUT2D eigenvalue weighted by Crippen LogP contribution is 2.28. The van der Waals surface area contributed by atoms with Gasteiger partial charge >= 0.3 is 6.18 Å². The molecule has 38 heavy (non-hydrogen) atoms. The second kappa shape index (κ2) is 9.11. The summed E-state index contributed by atoms with van der Waals surface area (Å²) in [6.45, 7) is -1.30. The number of benzene rings is 2. The Morgan fingerprint density at radius 1 is 0.947 bits per heavy atom. The van der Waals surface area contributed by atoms with Crippen LogP contribution in [0.5, 0.6) is 0 Å². The van der Waals surface area contributed by atoms with E-state index in [0.717, 1.165) is 22.2 Å². The van der Waals surface area contributed by atoms with Crippen LogP contribution in [0.15, 0.2) is 90.2 Å². The molecule has 0 saturated carbocycles. The van der Waals surface area contributed by atoms with Crippen LogP contribution in [0.3, 0.4) is 0 Å². The van der Waals surface area contributed by atoms with Gasteiger partial charge in [0.1, 0.15) is 6.54 Å². The lowest BCUT2D eigenvalue weighted by Gasteiger charge is -2.14. The maximum atomic E-state index is 13.9. The maximum absolute atomic E-state index is 13.9. The third-order valence-corrected chi connectivity index (χ3v) is 6.04. The van der Waals surface area contributed by atoms with Gasteiger partial charge in [-0.3, -0.25) is 19.4 Å². The second-order valence-corrected chi connectivity index (χ2v) is 8.56. The number of nitrogens with one attached hydrogen (secondary N) is 2. The Morgan fingerprint density at radius 3 is 2.53 bits per heavy atom. The summed E-state index contributed by atoms with van der Waals surface area (Å²) in [6, 6.07) is 18.1. The molecule has 0 bridgehead atoms. The fourth-order valence-corrected chi connectivity index (χ4v) is 4.26. The molecule has 6 rings (SSSR count). The zero-order valence-electron chi connectivity index (χ0n) is 19.6. The Hall–Kier alpha value is -5.06. The highest BCUT2D eigenvalue weighted by atomic mass is 19.4. The average molecular weight is 513 g/mol. The van der Waals surface area contributed by atoms with Gasteiger partial charge in [-0.2, -0.15) is 18.3 Å². The molecule has 0 amide bonds. The van der Waals surface area contributed by atoms with Crippen molar-refractivity contribution < 1.29 is 13.2 Å². The summed E-state index contributed by atoms with van der Waals surface area (Å²) in [7, 11) is 0. The summed E-state index contributed by atoms with van der Waals surface area (Å²) in [5.41, 5.74) is 3.59. The molecule has 188 valence electrons. The molecule has 0 fully saturated rings. The van der Waals surface area contributed by atoms with Crippen LogP contribution >= 0.6 is 0 Å². The van der Waals surface area contributed by atoms with Gasteiger partial charge in [0.2, 0.25) is 5.95 Å². The molecule has 0 aliphatic heterocycles. The van der Waals surface area contributed by atoms with E-state index in [1.807, 2.05) is 42.5 Å². The lowest BCUT2D eigenvalue weighted by molar-refractivity contribution is -0.115. The third kappa shape index (κ3) is 4.45. The van der Waals surface area contributed by atoms with Crippen molar-refractivity contribution in [2.75, 3.05) is 11.9 Å². The van der Waals surface area contributed by atoms with E-state index >= 15 is 0 Å². The molecule has 0 spiro atoms. The van der Waals surface area contributed by atoms with Gasteiger partial charge in [-0.25, -0.2) is 9.97 Å². The first kappa shape index (κ1) is 23.3. The quantitative estimate of drug-likeness (QED) is 0.322. The largest absolute Gasteiger partial charge is 0.405 e. The number of pyridine rings is 2. The molecule has 2 N–H and O–H groups in total. The number of fused-ring (bicyclic) bond motifs is 2. The van der Waals surface area contributed by atoms with Crippen LogP contribution in [0.4, 0.5) is 19.1 Å². The molecule has 0 aliphatic rings. The number of rotatable bonds is 5. The first-order valence-electron chi connectivity index (χ1n) is 11.5. The number of nitrogens with zero attached hydrogens (tertiary/aromatic N) is 5. The van der Waals surface area contributed by atoms with Crippen molar-refractivity contribution in [3.05, 3.63) is 95.8 Å². The summed E-state index contributed by atoms with van der Waals surface area (Å²) in [4.78, 5) is 26.6. The topological polar surface area (TPSA) is 101 Å². The molecule has 6 aromatic rings. The highest BCUT2D eigenvalue weighted by molar-refractivity contribution is 5.93. The first-order valence-corrected chi connectivity index (χ1v) is 11.5. The highest BCUT2D eigenvalue weighted by Gasteiger charge is 2.27. The van der Waals surface area contributed by atoms with Crippen LogP contribution in [-0.4, -0.2) is 42.4 Å². The third-order valence-electron chi connectivity index (χ3n) is 6.04. The minimum atomic E-state index is -4.45. The number of aromatic amines is 1. The first-order chi connectivity index (χ1) is 18.4. The van der Waals surface area contributed by atoms with E-state index in [1.165, 1.54) is 10.8 Å². The second-order valence-electron chi connectivity index (χ2n) is 8.56. The Labute approximate surface area is 212 Å². The van der Waals surface area contributed by atoms with Crippen LogP contribution in [-0.2, 0) is 0 Å². The molecule has 0 radical (unpaired) electrons. The van der Waals surface area contributed by atoms with E-state index in [0.29, 0.717) is 16.6 Å². The van der Waals surface area contributed by atoms with Gasteiger partial charge in [0.15, 0.2) is 0 Å². The van der Waals surface area contributed by atoms with Crippen molar-refractivity contribution in [1.29, 1.82) is 0 Å². The van der Waals surface area contributed by atoms with Crippen LogP contribution in [0.2, 0.25) is 0 Å². The van der Waals surface area contributed by atoms with Gasteiger partial charge < -0.3 is 5.32 Å². The number of alkyl halides is 3. The number of hydrogen-bond acceptors (Lipinski definition) is 6. The van der Waals surface area contributed by atoms with Crippen LogP contribution in [0, 0.1) is 0 Å². The molecule has 2 aromatic carbocycles. The normalized spacial score (nSPS) is 11.8. The van der Waals surface area contributed by atoms with Crippen LogP contribution in [0.1, 0.15) is 0 Å². The SMILES string of the molecule is O=c1c(-c2ccc(-c3cc[nH]n3)cc2)c2nc(NCC(F)(F)F)ncc2cn1-c1ccc2ncccc2c1. The Kier molecular flexibility index (Phi) is 5.60. The van der Waals surface area contributed by atoms with Crippen molar-refractivity contribution >= 4 is 27.8 Å². The summed E-state index contributed by atoms with van der Waals surface area (Å²) in [5, 5.41) is 10.5. The molecule has 0 atom stereocenters.